The molecule has 0 fully saturated rings. The second kappa shape index (κ2) is 6.36. The van der Waals surface area contributed by atoms with E-state index < -0.39 is 11.9 Å². The molecule has 0 atom stereocenters. The van der Waals surface area contributed by atoms with Crippen LogP contribution in [0.4, 0.5) is 0 Å². The van der Waals surface area contributed by atoms with Gasteiger partial charge in [0.2, 0.25) is 0 Å². The van der Waals surface area contributed by atoms with Gasteiger partial charge in [-0.1, -0.05) is 40.6 Å². The Balaban J connectivity index is 2.00. The van der Waals surface area contributed by atoms with Crippen LogP contribution in [-0.4, -0.2) is 22.2 Å². The summed E-state index contributed by atoms with van der Waals surface area (Å²) in [7, 11) is 3.32. The van der Waals surface area contributed by atoms with Crippen molar-refractivity contribution in [2.24, 2.45) is 0 Å². The predicted octanol–water partition coefficient (Wildman–Crippen LogP) is 2.03. The molecule has 0 saturated heterocycles. The van der Waals surface area contributed by atoms with Crippen molar-refractivity contribution < 1.29 is 19.4 Å². The summed E-state index contributed by atoms with van der Waals surface area (Å²) in [6.45, 7) is 3.81. The van der Waals surface area contributed by atoms with E-state index in [-0.39, 0.29) is 5.56 Å². The molecule has 0 heterocycles. The van der Waals surface area contributed by atoms with Crippen LogP contribution in [0.1, 0.15) is 31.8 Å². The average molecular weight is 297 g/mol. The molecule has 0 amide bonds. The first-order valence-corrected chi connectivity index (χ1v) is 6.79. The van der Waals surface area contributed by atoms with E-state index in [0.717, 1.165) is 11.1 Å². The number of carbonyl (C=O) groups is 2. The van der Waals surface area contributed by atoms with Crippen LogP contribution < -0.4 is 5.19 Å². The molecule has 0 aliphatic rings. The summed E-state index contributed by atoms with van der Waals surface area (Å²) in [5, 5.41) is 0.575. The molecule has 2 aromatic rings. The zero-order valence-corrected chi connectivity index (χ0v) is 12.7. The molecule has 0 N–H and O–H groups in total. The Kier molecular flexibility index (Phi) is 4.54. The number of hydrogen-bond acceptors (Lipinski definition) is 4. The summed E-state index contributed by atoms with van der Waals surface area (Å²) in [6, 6.07) is 11.9. The van der Waals surface area contributed by atoms with Crippen molar-refractivity contribution in [3.63, 3.8) is 0 Å². The molecule has 2 rings (SSSR count). The summed E-state index contributed by atoms with van der Waals surface area (Å²) in [5.74, 6) is -1.45. The number of rotatable bonds is 2. The van der Waals surface area contributed by atoms with Gasteiger partial charge < -0.3 is 0 Å². The van der Waals surface area contributed by atoms with Gasteiger partial charge in [0.05, 0.1) is 21.4 Å². The molecule has 21 heavy (non-hydrogen) atoms. The topological polar surface area (TPSA) is 52.6 Å². The highest BCUT2D eigenvalue weighted by Gasteiger charge is 2.15. The Labute approximate surface area is 126 Å². The molecule has 0 aliphatic heterocycles. The van der Waals surface area contributed by atoms with Gasteiger partial charge in [-0.3, -0.25) is 0 Å². The lowest BCUT2D eigenvalue weighted by Gasteiger charge is -2.06. The van der Waals surface area contributed by atoms with E-state index in [1.54, 1.807) is 42.5 Å². The van der Waals surface area contributed by atoms with Crippen molar-refractivity contribution in [2.45, 2.75) is 13.8 Å². The van der Waals surface area contributed by atoms with Crippen LogP contribution >= 0.6 is 0 Å². The first kappa shape index (κ1) is 15.0. The SMILES string of the molecule is Cc1ccc(C(=O)OOC(=O)c2ccc(C)cc2[Si])cc1. The Bertz CT molecular complexity index is 677. The van der Waals surface area contributed by atoms with Gasteiger partial charge in [0.25, 0.3) is 0 Å². The van der Waals surface area contributed by atoms with Crippen molar-refractivity contribution in [2.75, 3.05) is 0 Å². The van der Waals surface area contributed by atoms with Crippen LogP contribution in [0.2, 0.25) is 0 Å². The molecule has 0 aromatic heterocycles. The van der Waals surface area contributed by atoms with Crippen molar-refractivity contribution in [3.8, 4) is 0 Å². The molecule has 0 spiro atoms. The molecule has 0 bridgehead atoms. The average Bonchev–Trinajstić information content (AvgIpc) is 2.45. The maximum Gasteiger partial charge on any atom is 0.386 e. The summed E-state index contributed by atoms with van der Waals surface area (Å²) in [6.07, 6.45) is 0. The Morgan fingerprint density at radius 2 is 1.43 bits per heavy atom. The van der Waals surface area contributed by atoms with Crippen molar-refractivity contribution in [3.05, 3.63) is 64.7 Å². The van der Waals surface area contributed by atoms with E-state index in [9.17, 15) is 9.59 Å². The van der Waals surface area contributed by atoms with E-state index in [1.807, 2.05) is 13.8 Å². The van der Waals surface area contributed by atoms with E-state index in [0.29, 0.717) is 10.8 Å². The standard InChI is InChI=1S/C16H13O4Si/c1-10-3-6-12(7-4-10)15(17)19-20-16(18)13-8-5-11(2)9-14(13)21/h3-9H,1-2H3. The molecular weight excluding hydrogens is 284 g/mol. The summed E-state index contributed by atoms with van der Waals surface area (Å²) < 4.78 is 0. The molecule has 5 heteroatoms. The zero-order valence-electron chi connectivity index (χ0n) is 11.7. The maximum atomic E-state index is 11.8. The third-order valence-electron chi connectivity index (χ3n) is 2.88. The van der Waals surface area contributed by atoms with Gasteiger partial charge in [0, 0.05) is 0 Å². The molecule has 0 unspecified atom stereocenters. The van der Waals surface area contributed by atoms with Gasteiger partial charge >= 0.3 is 11.9 Å². The third kappa shape index (κ3) is 3.79. The van der Waals surface area contributed by atoms with Gasteiger partial charge in [0.15, 0.2) is 0 Å². The second-order valence-corrected chi connectivity index (χ2v) is 5.20. The van der Waals surface area contributed by atoms with Crippen molar-refractivity contribution >= 4 is 27.4 Å². The Morgan fingerprint density at radius 1 is 0.857 bits per heavy atom. The minimum Gasteiger partial charge on any atom is -0.242 e. The van der Waals surface area contributed by atoms with E-state index >= 15 is 0 Å². The fourth-order valence-corrected chi connectivity index (χ4v) is 2.11. The smallest absolute Gasteiger partial charge is 0.242 e. The Hall–Kier alpha value is -2.40. The minimum atomic E-state index is -0.736. The number of carbonyl (C=O) groups excluding carboxylic acids is 2. The monoisotopic (exact) mass is 297 g/mol. The van der Waals surface area contributed by atoms with E-state index in [4.69, 9.17) is 0 Å². The van der Waals surface area contributed by atoms with Crippen molar-refractivity contribution in [1.29, 1.82) is 0 Å². The molecule has 105 valence electrons. The molecule has 0 saturated carbocycles. The summed E-state index contributed by atoms with van der Waals surface area (Å²) in [5.41, 5.74) is 2.62. The Morgan fingerprint density at radius 3 is 2.05 bits per heavy atom. The van der Waals surface area contributed by atoms with Crippen LogP contribution in [0, 0.1) is 13.8 Å². The molecular formula is C16H13O4Si. The quantitative estimate of drug-likeness (QED) is 0.483. The highest BCUT2D eigenvalue weighted by Crippen LogP contribution is 2.07. The van der Waals surface area contributed by atoms with E-state index in [1.165, 1.54) is 0 Å². The molecule has 3 radical (unpaired) electrons. The lowest BCUT2D eigenvalue weighted by Crippen LogP contribution is -2.20. The largest absolute Gasteiger partial charge is 0.386 e. The minimum absolute atomic E-state index is 0.286. The van der Waals surface area contributed by atoms with Gasteiger partial charge in [-0.05, 0) is 32.0 Å². The predicted molar refractivity (Wildman–Crippen MR) is 78.6 cm³/mol. The van der Waals surface area contributed by atoms with Crippen LogP contribution in [0.5, 0.6) is 0 Å². The highest BCUT2D eigenvalue weighted by molar-refractivity contribution is 6.36. The number of hydrogen-bond donors (Lipinski definition) is 0. The highest BCUT2D eigenvalue weighted by atomic mass is 28.1. The normalized spacial score (nSPS) is 10.0. The van der Waals surface area contributed by atoms with E-state index in [2.05, 4.69) is 20.0 Å². The lowest BCUT2D eigenvalue weighted by atomic mass is 10.1. The number of aryl methyl sites for hydroxylation is 2. The summed E-state index contributed by atoms with van der Waals surface area (Å²) in [4.78, 5) is 32.7. The van der Waals surface area contributed by atoms with Gasteiger partial charge in [-0.25, -0.2) is 19.4 Å². The fraction of sp³-hybridized carbons (Fsp3) is 0.125. The third-order valence-corrected chi connectivity index (χ3v) is 3.29. The van der Waals surface area contributed by atoms with Crippen LogP contribution in [0.25, 0.3) is 0 Å². The van der Waals surface area contributed by atoms with Gasteiger partial charge in [-0.2, -0.15) is 0 Å². The molecule has 0 aliphatic carbocycles. The van der Waals surface area contributed by atoms with Crippen LogP contribution in [0.15, 0.2) is 42.5 Å². The lowest BCUT2D eigenvalue weighted by molar-refractivity contribution is -0.187. The van der Waals surface area contributed by atoms with Crippen LogP contribution in [0.3, 0.4) is 0 Å². The van der Waals surface area contributed by atoms with Crippen LogP contribution in [-0.2, 0) is 9.78 Å². The molecule has 2 aromatic carbocycles. The second-order valence-electron chi connectivity index (χ2n) is 4.66. The first-order chi connectivity index (χ1) is 9.97. The summed E-state index contributed by atoms with van der Waals surface area (Å²) >= 11 is 0. The fourth-order valence-electron chi connectivity index (χ4n) is 1.69. The van der Waals surface area contributed by atoms with Gasteiger partial charge in [-0.15, -0.1) is 0 Å². The molecule has 4 nitrogen and oxygen atoms in total. The number of benzene rings is 2. The first-order valence-electron chi connectivity index (χ1n) is 6.29. The van der Waals surface area contributed by atoms with Crippen molar-refractivity contribution in [1.82, 2.24) is 0 Å². The van der Waals surface area contributed by atoms with Gasteiger partial charge in [0.1, 0.15) is 0 Å². The zero-order chi connectivity index (χ0) is 15.4. The maximum absolute atomic E-state index is 11.8.